The van der Waals surface area contributed by atoms with Crippen LogP contribution in [0, 0.1) is 0 Å². The van der Waals surface area contributed by atoms with Crippen molar-refractivity contribution in [3.63, 3.8) is 0 Å². The van der Waals surface area contributed by atoms with Crippen molar-refractivity contribution in [2.24, 2.45) is 0 Å². The zero-order valence-corrected chi connectivity index (χ0v) is 10.9. The lowest BCUT2D eigenvalue weighted by atomic mass is 10.5. The van der Waals surface area contributed by atoms with Gasteiger partial charge in [0.25, 0.3) is 10.0 Å². The molecule has 0 aliphatic carbocycles. The Morgan fingerprint density at radius 1 is 1.20 bits per heavy atom. The van der Waals surface area contributed by atoms with Gasteiger partial charge in [-0.2, -0.15) is 13.5 Å². The second-order valence-corrected chi connectivity index (χ2v) is 5.54. The summed E-state index contributed by atoms with van der Waals surface area (Å²) >= 11 is 0. The maximum absolute atomic E-state index is 12.4. The molecule has 0 spiro atoms. The van der Waals surface area contributed by atoms with E-state index in [0.29, 0.717) is 5.65 Å². The van der Waals surface area contributed by atoms with Gasteiger partial charge >= 0.3 is 0 Å². The Morgan fingerprint density at radius 2 is 2.05 bits per heavy atom. The molecule has 3 heterocycles. The summed E-state index contributed by atoms with van der Waals surface area (Å²) in [5.41, 5.74) is 6.15. The molecule has 3 rings (SSSR count). The zero-order chi connectivity index (χ0) is 14.2. The smallest absolute Gasteiger partial charge is 0.282 e. The average Bonchev–Trinajstić information content (AvgIpc) is 2.75. The van der Waals surface area contributed by atoms with Crippen molar-refractivity contribution < 1.29 is 8.42 Å². The number of aromatic nitrogens is 4. The van der Waals surface area contributed by atoms with Crippen molar-refractivity contribution in [3.05, 3.63) is 42.7 Å². The summed E-state index contributed by atoms with van der Waals surface area (Å²) in [6.45, 7) is 0. The molecule has 9 heteroatoms. The third kappa shape index (κ3) is 2.03. The number of anilines is 2. The summed E-state index contributed by atoms with van der Waals surface area (Å²) in [5.74, 6) is 0.0328. The van der Waals surface area contributed by atoms with Crippen LogP contribution in [0.1, 0.15) is 0 Å². The maximum atomic E-state index is 12.4. The van der Waals surface area contributed by atoms with Crippen LogP contribution in [0.25, 0.3) is 5.65 Å². The molecule has 3 N–H and O–H groups in total. The molecule has 0 unspecified atom stereocenters. The van der Waals surface area contributed by atoms with Gasteiger partial charge in [-0.3, -0.25) is 9.12 Å². The number of hydrogen-bond acceptors (Lipinski definition) is 6. The van der Waals surface area contributed by atoms with Gasteiger partial charge in [-0.05, 0) is 24.3 Å². The molecule has 0 amide bonds. The molecule has 0 bridgehead atoms. The van der Waals surface area contributed by atoms with Crippen molar-refractivity contribution in [3.8, 4) is 0 Å². The molecule has 0 fully saturated rings. The fraction of sp³-hybridized carbons (Fsp3) is 0. The number of imidazole rings is 1. The molecule has 0 aliphatic rings. The molecule has 0 atom stereocenters. The van der Waals surface area contributed by atoms with Crippen molar-refractivity contribution in [1.82, 2.24) is 19.6 Å². The minimum Gasteiger partial charge on any atom is -0.381 e. The van der Waals surface area contributed by atoms with Crippen LogP contribution >= 0.6 is 0 Å². The normalized spacial score (nSPS) is 11.6. The van der Waals surface area contributed by atoms with Gasteiger partial charge in [-0.1, -0.05) is 6.07 Å². The molecule has 0 aromatic carbocycles. The van der Waals surface area contributed by atoms with Gasteiger partial charge in [-0.25, -0.2) is 4.98 Å². The Kier molecular flexibility index (Phi) is 2.75. The summed E-state index contributed by atoms with van der Waals surface area (Å²) in [4.78, 5) is 4.01. The first-order chi connectivity index (χ1) is 9.58. The topological polar surface area (TPSA) is 115 Å². The zero-order valence-electron chi connectivity index (χ0n) is 10.1. The van der Waals surface area contributed by atoms with Gasteiger partial charge in [0.1, 0.15) is 5.65 Å². The molecular formula is C11H10N6O2S. The minimum absolute atomic E-state index is 0.0763. The van der Waals surface area contributed by atoms with E-state index in [2.05, 4.69) is 19.9 Å². The van der Waals surface area contributed by atoms with Crippen LogP contribution in [0.5, 0.6) is 0 Å². The van der Waals surface area contributed by atoms with E-state index < -0.39 is 10.0 Å². The van der Waals surface area contributed by atoms with E-state index in [0.717, 1.165) is 0 Å². The van der Waals surface area contributed by atoms with Crippen LogP contribution < -0.4 is 10.5 Å². The Hall–Kier alpha value is -2.68. The Labute approximate surface area is 114 Å². The molecule has 8 nitrogen and oxygen atoms in total. The molecule has 3 aromatic heterocycles. The van der Waals surface area contributed by atoms with E-state index in [1.165, 1.54) is 16.7 Å². The summed E-state index contributed by atoms with van der Waals surface area (Å²) < 4.78 is 28.5. The van der Waals surface area contributed by atoms with Crippen LogP contribution in [-0.2, 0) is 10.0 Å². The van der Waals surface area contributed by atoms with E-state index in [4.69, 9.17) is 5.73 Å². The maximum Gasteiger partial charge on any atom is 0.282 e. The van der Waals surface area contributed by atoms with Gasteiger partial charge in [-0.15, -0.1) is 5.10 Å². The number of hydrogen-bond donors (Lipinski definition) is 2. The van der Waals surface area contributed by atoms with Crippen LogP contribution in [-0.4, -0.2) is 28.0 Å². The minimum atomic E-state index is -3.90. The number of fused-ring (bicyclic) bond motifs is 1. The monoisotopic (exact) mass is 290 g/mol. The molecule has 0 aliphatic heterocycles. The summed E-state index contributed by atoms with van der Waals surface area (Å²) in [7, 11) is -3.90. The van der Waals surface area contributed by atoms with Gasteiger partial charge in [0.2, 0.25) is 5.03 Å². The Morgan fingerprint density at radius 3 is 2.80 bits per heavy atom. The van der Waals surface area contributed by atoms with E-state index in [1.54, 1.807) is 30.5 Å². The third-order valence-electron chi connectivity index (χ3n) is 2.58. The molecule has 102 valence electrons. The van der Waals surface area contributed by atoms with Crippen LogP contribution in [0.15, 0.2) is 47.8 Å². The lowest BCUT2D eigenvalue weighted by molar-refractivity contribution is 0.596. The van der Waals surface area contributed by atoms with Crippen LogP contribution in [0.4, 0.5) is 11.6 Å². The lowest BCUT2D eigenvalue weighted by Crippen LogP contribution is -2.17. The second kappa shape index (κ2) is 4.46. The number of pyridine rings is 1. The van der Waals surface area contributed by atoms with Crippen LogP contribution in [0.2, 0.25) is 0 Å². The Bertz CT molecular complexity index is 859. The fourth-order valence-electron chi connectivity index (χ4n) is 1.80. The van der Waals surface area contributed by atoms with E-state index in [9.17, 15) is 8.42 Å². The third-order valence-corrected chi connectivity index (χ3v) is 3.97. The Balaban J connectivity index is 2.12. The number of sulfonamides is 1. The molecule has 3 aromatic rings. The predicted octanol–water partition coefficient (Wildman–Crippen LogP) is 0.507. The van der Waals surface area contributed by atoms with Gasteiger partial charge in [0, 0.05) is 12.4 Å². The van der Waals surface area contributed by atoms with Crippen molar-refractivity contribution in [2.75, 3.05) is 10.5 Å². The number of nitrogens with zero attached hydrogens (tertiary/aromatic N) is 4. The summed E-state index contributed by atoms with van der Waals surface area (Å²) in [6.07, 6.45) is 3.02. The number of nitrogen functional groups attached to an aromatic ring is 1. The molecule has 20 heavy (non-hydrogen) atoms. The standard InChI is InChI=1S/C11H10N6O2S/c12-10-11(17-7-2-1-5-9(17)14-10)20(18,19)16-8-4-3-6-13-15-8/h1-7H,12H2,(H,15,16). The van der Waals surface area contributed by atoms with E-state index in [1.807, 2.05) is 0 Å². The van der Waals surface area contributed by atoms with Crippen molar-refractivity contribution in [2.45, 2.75) is 5.03 Å². The number of nitrogens with two attached hydrogens (primary N) is 1. The van der Waals surface area contributed by atoms with Gasteiger partial charge in [0.15, 0.2) is 11.6 Å². The van der Waals surface area contributed by atoms with Crippen molar-refractivity contribution in [1.29, 1.82) is 0 Å². The highest BCUT2D eigenvalue weighted by molar-refractivity contribution is 7.92. The van der Waals surface area contributed by atoms with Gasteiger partial charge < -0.3 is 5.73 Å². The summed E-state index contributed by atoms with van der Waals surface area (Å²) in [6, 6.07) is 8.16. The fourth-order valence-corrected chi connectivity index (χ4v) is 3.02. The molecule has 0 radical (unpaired) electrons. The van der Waals surface area contributed by atoms with Gasteiger partial charge in [0.05, 0.1) is 0 Å². The second-order valence-electron chi connectivity index (χ2n) is 3.95. The number of rotatable bonds is 3. The summed E-state index contributed by atoms with van der Waals surface area (Å²) in [5, 5.41) is 7.15. The first-order valence-electron chi connectivity index (χ1n) is 5.61. The number of nitrogens with one attached hydrogen (secondary N) is 1. The van der Waals surface area contributed by atoms with E-state index >= 15 is 0 Å². The first-order valence-corrected chi connectivity index (χ1v) is 7.09. The largest absolute Gasteiger partial charge is 0.381 e. The highest BCUT2D eigenvalue weighted by atomic mass is 32.2. The highest BCUT2D eigenvalue weighted by Gasteiger charge is 2.24. The van der Waals surface area contributed by atoms with E-state index in [-0.39, 0.29) is 16.7 Å². The highest BCUT2D eigenvalue weighted by Crippen LogP contribution is 2.21. The SMILES string of the molecule is Nc1nc2ccccn2c1S(=O)(=O)Nc1cccnn1. The first kappa shape index (κ1) is 12.4. The molecule has 0 saturated carbocycles. The van der Waals surface area contributed by atoms with Crippen molar-refractivity contribution >= 4 is 27.3 Å². The predicted molar refractivity (Wildman–Crippen MR) is 72.4 cm³/mol. The van der Waals surface area contributed by atoms with Crippen LogP contribution in [0.3, 0.4) is 0 Å². The molecular weight excluding hydrogens is 280 g/mol. The molecule has 0 saturated heterocycles. The average molecular weight is 290 g/mol. The lowest BCUT2D eigenvalue weighted by Gasteiger charge is -2.06. The quantitative estimate of drug-likeness (QED) is 0.726.